The first kappa shape index (κ1) is 17.8. The fourth-order valence-corrected chi connectivity index (χ4v) is 3.97. The Morgan fingerprint density at radius 3 is 2.54 bits per heavy atom. The summed E-state index contributed by atoms with van der Waals surface area (Å²) in [6, 6.07) is 16.6. The lowest BCUT2D eigenvalue weighted by molar-refractivity contribution is 0.0981. The van der Waals surface area contributed by atoms with E-state index in [9.17, 15) is 0 Å². The number of benzene rings is 2. The molecule has 0 amide bonds. The second-order valence-electron chi connectivity index (χ2n) is 7.16. The van der Waals surface area contributed by atoms with Crippen molar-refractivity contribution < 1.29 is 4.74 Å². The van der Waals surface area contributed by atoms with E-state index in [2.05, 4.69) is 33.3 Å². The number of nitrogens with zero attached hydrogens (tertiary/aromatic N) is 2. The number of nitrogens with one attached hydrogen (secondary N) is 1. The van der Waals surface area contributed by atoms with E-state index < -0.39 is 0 Å². The van der Waals surface area contributed by atoms with Crippen molar-refractivity contribution in [2.45, 2.75) is 19.0 Å². The molecular weight excluding hydrogens is 346 g/mol. The normalized spacial score (nSPS) is 21.8. The lowest BCUT2D eigenvalue weighted by Gasteiger charge is -2.37. The van der Waals surface area contributed by atoms with Gasteiger partial charge in [-0.25, -0.2) is 0 Å². The van der Waals surface area contributed by atoms with Crippen LogP contribution in [0.2, 0.25) is 5.02 Å². The molecule has 5 heteroatoms. The molecule has 0 aliphatic carbocycles. The molecule has 1 N–H and O–H groups in total. The minimum Gasteiger partial charge on any atom is -0.457 e. The molecule has 1 atom stereocenters. The second-order valence-corrected chi connectivity index (χ2v) is 7.60. The van der Waals surface area contributed by atoms with E-state index in [1.807, 2.05) is 30.3 Å². The predicted octanol–water partition coefficient (Wildman–Crippen LogP) is 3.61. The Morgan fingerprint density at radius 1 is 1.00 bits per heavy atom. The van der Waals surface area contributed by atoms with Crippen LogP contribution in [0.4, 0.5) is 0 Å². The van der Waals surface area contributed by atoms with Gasteiger partial charge in [-0.3, -0.25) is 9.80 Å². The summed E-state index contributed by atoms with van der Waals surface area (Å²) in [5, 5.41) is 4.19. The Kier molecular flexibility index (Phi) is 5.75. The summed E-state index contributed by atoms with van der Waals surface area (Å²) in [7, 11) is 0. The Hall–Kier alpha value is -1.59. The maximum atomic E-state index is 5.96. The summed E-state index contributed by atoms with van der Waals surface area (Å²) in [6.45, 7) is 7.93. The molecule has 2 heterocycles. The lowest BCUT2D eigenvalue weighted by Crippen LogP contribution is -2.50. The van der Waals surface area contributed by atoms with Crippen LogP contribution < -0.4 is 10.1 Å². The van der Waals surface area contributed by atoms with Crippen molar-refractivity contribution >= 4 is 11.6 Å². The summed E-state index contributed by atoms with van der Waals surface area (Å²) < 4.78 is 5.96. The molecule has 4 nitrogen and oxygen atoms in total. The van der Waals surface area contributed by atoms with Crippen LogP contribution in [0.1, 0.15) is 12.0 Å². The zero-order valence-corrected chi connectivity index (χ0v) is 15.8. The van der Waals surface area contributed by atoms with E-state index in [-0.39, 0.29) is 0 Å². The van der Waals surface area contributed by atoms with E-state index in [0.29, 0.717) is 0 Å². The van der Waals surface area contributed by atoms with Gasteiger partial charge >= 0.3 is 0 Å². The third-order valence-electron chi connectivity index (χ3n) is 5.31. The van der Waals surface area contributed by atoms with Crippen LogP contribution in [0.25, 0.3) is 0 Å². The molecule has 2 saturated heterocycles. The zero-order chi connectivity index (χ0) is 17.8. The molecule has 0 bridgehead atoms. The van der Waals surface area contributed by atoms with Gasteiger partial charge in [0.05, 0.1) is 0 Å². The van der Waals surface area contributed by atoms with Gasteiger partial charge in [-0.1, -0.05) is 23.7 Å². The first-order valence-electron chi connectivity index (χ1n) is 9.46. The monoisotopic (exact) mass is 371 g/mol. The molecule has 2 aliphatic rings. The summed E-state index contributed by atoms with van der Waals surface area (Å²) in [4.78, 5) is 5.19. The number of rotatable bonds is 5. The van der Waals surface area contributed by atoms with Gasteiger partial charge in [0.2, 0.25) is 0 Å². The molecular formula is C21H26ClN3O. The van der Waals surface area contributed by atoms with Crippen molar-refractivity contribution in [3.63, 3.8) is 0 Å². The van der Waals surface area contributed by atoms with Gasteiger partial charge < -0.3 is 10.1 Å². The van der Waals surface area contributed by atoms with E-state index in [4.69, 9.17) is 16.3 Å². The minimum absolute atomic E-state index is 0.721. The second kappa shape index (κ2) is 8.40. The molecule has 2 aromatic rings. The Labute approximate surface area is 160 Å². The van der Waals surface area contributed by atoms with Gasteiger partial charge in [-0.05, 0) is 54.9 Å². The Morgan fingerprint density at radius 2 is 1.81 bits per heavy atom. The van der Waals surface area contributed by atoms with Crippen molar-refractivity contribution in [2.75, 3.05) is 39.3 Å². The highest BCUT2D eigenvalue weighted by Crippen LogP contribution is 2.24. The Bertz CT molecular complexity index is 707. The van der Waals surface area contributed by atoms with E-state index in [1.165, 1.54) is 31.6 Å². The van der Waals surface area contributed by atoms with Gasteiger partial charge in [0, 0.05) is 50.3 Å². The molecule has 0 saturated carbocycles. The van der Waals surface area contributed by atoms with E-state index in [1.54, 1.807) is 0 Å². The number of hydrogen-bond acceptors (Lipinski definition) is 4. The smallest absolute Gasteiger partial charge is 0.127 e. The van der Waals surface area contributed by atoms with Gasteiger partial charge in [0.1, 0.15) is 11.5 Å². The highest BCUT2D eigenvalue weighted by Gasteiger charge is 2.25. The van der Waals surface area contributed by atoms with Crippen LogP contribution in [-0.2, 0) is 6.54 Å². The number of hydrogen-bond donors (Lipinski definition) is 1. The molecule has 0 spiro atoms. The molecule has 2 aliphatic heterocycles. The highest BCUT2D eigenvalue weighted by atomic mass is 35.5. The van der Waals surface area contributed by atoms with Crippen molar-refractivity contribution in [3.05, 3.63) is 59.1 Å². The highest BCUT2D eigenvalue weighted by molar-refractivity contribution is 6.30. The maximum Gasteiger partial charge on any atom is 0.127 e. The van der Waals surface area contributed by atoms with Gasteiger partial charge in [0.15, 0.2) is 0 Å². The van der Waals surface area contributed by atoms with Gasteiger partial charge in [-0.2, -0.15) is 0 Å². The number of piperazine rings is 1. The predicted molar refractivity (Wildman–Crippen MR) is 106 cm³/mol. The average Bonchev–Trinajstić information content (AvgIpc) is 3.19. The minimum atomic E-state index is 0.721. The molecule has 0 radical (unpaired) electrons. The average molecular weight is 372 g/mol. The van der Waals surface area contributed by atoms with Crippen LogP contribution in [0.3, 0.4) is 0 Å². The Balaban J connectivity index is 1.32. The molecule has 0 aromatic heterocycles. The van der Waals surface area contributed by atoms with Crippen molar-refractivity contribution in [3.8, 4) is 11.5 Å². The summed E-state index contributed by atoms with van der Waals surface area (Å²) in [5.74, 6) is 1.69. The first-order chi connectivity index (χ1) is 12.8. The van der Waals surface area contributed by atoms with Gasteiger partial charge in [0.25, 0.3) is 0 Å². The number of ether oxygens (including phenoxy) is 1. The quantitative estimate of drug-likeness (QED) is 0.868. The molecule has 4 rings (SSSR count). The van der Waals surface area contributed by atoms with Crippen LogP contribution in [0, 0.1) is 0 Å². The largest absolute Gasteiger partial charge is 0.457 e. The van der Waals surface area contributed by atoms with Gasteiger partial charge in [-0.15, -0.1) is 0 Å². The van der Waals surface area contributed by atoms with Crippen LogP contribution >= 0.6 is 11.6 Å². The molecule has 26 heavy (non-hydrogen) atoms. The zero-order valence-electron chi connectivity index (χ0n) is 15.0. The maximum absolute atomic E-state index is 5.96. The van der Waals surface area contributed by atoms with E-state index in [0.717, 1.165) is 48.7 Å². The molecule has 0 unspecified atom stereocenters. The topological polar surface area (TPSA) is 27.7 Å². The first-order valence-corrected chi connectivity index (χ1v) is 9.83. The van der Waals surface area contributed by atoms with Crippen molar-refractivity contribution in [2.24, 2.45) is 0 Å². The fraction of sp³-hybridized carbons (Fsp3) is 0.429. The molecule has 2 aromatic carbocycles. The standard InChI is InChI=1S/C21H26ClN3O/c22-18-4-6-20(7-5-18)26-21-3-1-2-17(14-21)16-24-10-12-25(13-11-24)19-8-9-23-15-19/h1-7,14,19,23H,8-13,15-16H2/t19-/m1/s1. The van der Waals surface area contributed by atoms with Crippen LogP contribution in [0.15, 0.2) is 48.5 Å². The van der Waals surface area contributed by atoms with Crippen LogP contribution in [-0.4, -0.2) is 55.1 Å². The van der Waals surface area contributed by atoms with Crippen LogP contribution in [0.5, 0.6) is 11.5 Å². The number of halogens is 1. The summed E-state index contributed by atoms with van der Waals surface area (Å²) in [6.07, 6.45) is 1.30. The third kappa shape index (κ3) is 4.57. The van der Waals surface area contributed by atoms with Crippen molar-refractivity contribution in [1.29, 1.82) is 0 Å². The third-order valence-corrected chi connectivity index (χ3v) is 5.56. The summed E-state index contributed by atoms with van der Waals surface area (Å²) in [5.41, 5.74) is 1.30. The fourth-order valence-electron chi connectivity index (χ4n) is 3.84. The molecule has 2 fully saturated rings. The van der Waals surface area contributed by atoms with E-state index >= 15 is 0 Å². The molecule has 138 valence electrons. The SMILES string of the molecule is Clc1ccc(Oc2cccc(CN3CCN([C@@H]4CCNC4)CC3)c2)cc1. The summed E-state index contributed by atoms with van der Waals surface area (Å²) >= 11 is 5.93. The lowest BCUT2D eigenvalue weighted by atomic mass is 10.1. The van der Waals surface area contributed by atoms with Crippen molar-refractivity contribution in [1.82, 2.24) is 15.1 Å².